The Labute approximate surface area is 156 Å². The topological polar surface area (TPSA) is 93.7 Å². The number of carboxylic acid groups (broad SMARTS) is 1. The third-order valence-electron chi connectivity index (χ3n) is 5.77. The fourth-order valence-electron chi connectivity index (χ4n) is 4.18. The number of benzene rings is 1. The minimum atomic E-state index is -0.806. The number of aromatic amines is 1. The quantitative estimate of drug-likeness (QED) is 0.865. The summed E-state index contributed by atoms with van der Waals surface area (Å²) in [6.45, 7) is 1.99. The molecule has 2 heterocycles. The van der Waals surface area contributed by atoms with E-state index in [1.54, 1.807) is 9.80 Å². The van der Waals surface area contributed by atoms with Crippen LogP contribution in [-0.2, 0) is 9.59 Å². The molecule has 2 N–H and O–H groups in total. The van der Waals surface area contributed by atoms with Crippen LogP contribution < -0.4 is 0 Å². The molecule has 2 aliphatic rings. The Morgan fingerprint density at radius 2 is 1.63 bits per heavy atom. The van der Waals surface area contributed by atoms with E-state index in [1.807, 2.05) is 30.3 Å². The predicted octanol–water partition coefficient (Wildman–Crippen LogP) is 1.95. The second kappa shape index (κ2) is 7.06. The number of aromatic nitrogens is 1. The van der Waals surface area contributed by atoms with Crippen molar-refractivity contribution in [2.45, 2.75) is 19.3 Å². The maximum atomic E-state index is 12.7. The number of hydrogen-bond acceptors (Lipinski definition) is 3. The zero-order chi connectivity index (χ0) is 19.0. The van der Waals surface area contributed by atoms with Gasteiger partial charge in [-0.05, 0) is 31.4 Å². The largest absolute Gasteiger partial charge is 0.481 e. The molecule has 2 amide bonds. The van der Waals surface area contributed by atoms with E-state index in [4.69, 9.17) is 5.11 Å². The number of nitrogens with zero attached hydrogens (tertiary/aromatic N) is 2. The zero-order valence-corrected chi connectivity index (χ0v) is 15.1. The molecule has 2 atom stereocenters. The first kappa shape index (κ1) is 17.6. The van der Waals surface area contributed by atoms with Gasteiger partial charge in [-0.3, -0.25) is 14.4 Å². The molecule has 1 saturated carbocycles. The van der Waals surface area contributed by atoms with Crippen LogP contribution in [0.5, 0.6) is 0 Å². The number of amides is 2. The summed E-state index contributed by atoms with van der Waals surface area (Å²) < 4.78 is 0. The highest BCUT2D eigenvalue weighted by Gasteiger charge is 2.37. The average Bonchev–Trinajstić information content (AvgIpc) is 3.34. The smallest absolute Gasteiger partial charge is 0.306 e. The summed E-state index contributed by atoms with van der Waals surface area (Å²) in [6, 6.07) is 9.63. The number of piperazine rings is 1. The van der Waals surface area contributed by atoms with Gasteiger partial charge < -0.3 is 19.9 Å². The summed E-state index contributed by atoms with van der Waals surface area (Å²) in [5, 5.41) is 10.1. The van der Waals surface area contributed by atoms with Crippen molar-refractivity contribution in [2.24, 2.45) is 11.8 Å². The minimum absolute atomic E-state index is 0.0384. The van der Waals surface area contributed by atoms with Gasteiger partial charge in [0, 0.05) is 43.0 Å². The van der Waals surface area contributed by atoms with Crippen molar-refractivity contribution in [1.29, 1.82) is 0 Å². The number of nitrogens with one attached hydrogen (secondary N) is 1. The first-order chi connectivity index (χ1) is 13.0. The van der Waals surface area contributed by atoms with E-state index in [-0.39, 0.29) is 17.7 Å². The highest BCUT2D eigenvalue weighted by atomic mass is 16.4. The molecule has 0 radical (unpaired) electrons. The molecular weight excluding hydrogens is 346 g/mol. The molecule has 4 rings (SSSR count). The summed E-state index contributed by atoms with van der Waals surface area (Å²) >= 11 is 0. The van der Waals surface area contributed by atoms with Gasteiger partial charge in [-0.25, -0.2) is 0 Å². The molecule has 27 heavy (non-hydrogen) atoms. The van der Waals surface area contributed by atoms with Crippen molar-refractivity contribution < 1.29 is 19.5 Å². The van der Waals surface area contributed by atoms with Gasteiger partial charge in [0.25, 0.3) is 5.91 Å². The molecule has 1 aliphatic carbocycles. The van der Waals surface area contributed by atoms with Crippen molar-refractivity contribution in [3.63, 3.8) is 0 Å². The van der Waals surface area contributed by atoms with Crippen LogP contribution in [-0.4, -0.2) is 63.9 Å². The summed E-state index contributed by atoms with van der Waals surface area (Å²) in [4.78, 5) is 43.2. The highest BCUT2D eigenvalue weighted by molar-refractivity contribution is 5.98. The molecule has 7 nitrogen and oxygen atoms in total. The number of carbonyl (C=O) groups excluding carboxylic acids is 2. The second-order valence-corrected chi connectivity index (χ2v) is 7.43. The van der Waals surface area contributed by atoms with E-state index in [0.717, 1.165) is 10.9 Å². The molecule has 1 aromatic carbocycles. The first-order valence-electron chi connectivity index (χ1n) is 9.41. The lowest BCUT2D eigenvalue weighted by atomic mass is 10.0. The Morgan fingerprint density at radius 1 is 0.963 bits per heavy atom. The standard InChI is InChI=1S/C20H23N3O4/c24-18(14-5-6-15(11-14)20(26)27)22-7-9-23(10-8-22)19(25)17-12-13-3-1-2-4-16(13)21-17/h1-4,12,14-15,21H,5-11H2,(H,26,27)/t14-,15+/m0/s1. The minimum Gasteiger partial charge on any atom is -0.481 e. The van der Waals surface area contributed by atoms with Crippen LogP contribution in [0.15, 0.2) is 30.3 Å². The summed E-state index contributed by atoms with van der Waals surface area (Å²) in [6.07, 6.45) is 1.65. The molecule has 7 heteroatoms. The van der Waals surface area contributed by atoms with Crippen LogP contribution >= 0.6 is 0 Å². The van der Waals surface area contributed by atoms with Crippen molar-refractivity contribution in [3.8, 4) is 0 Å². The number of carbonyl (C=O) groups is 3. The fourth-order valence-corrected chi connectivity index (χ4v) is 4.18. The maximum Gasteiger partial charge on any atom is 0.306 e. The molecule has 0 unspecified atom stereocenters. The molecule has 1 aromatic heterocycles. The van der Waals surface area contributed by atoms with Gasteiger partial charge in [-0.1, -0.05) is 18.2 Å². The Bertz CT molecular complexity index is 849. The number of carboxylic acids is 1. The summed E-state index contributed by atoms with van der Waals surface area (Å²) in [7, 11) is 0. The van der Waals surface area contributed by atoms with E-state index in [0.29, 0.717) is 51.1 Å². The Kier molecular flexibility index (Phi) is 4.59. The number of rotatable bonds is 3. The van der Waals surface area contributed by atoms with E-state index < -0.39 is 11.9 Å². The van der Waals surface area contributed by atoms with Crippen molar-refractivity contribution >= 4 is 28.7 Å². The van der Waals surface area contributed by atoms with Crippen LogP contribution in [0.2, 0.25) is 0 Å². The van der Waals surface area contributed by atoms with Gasteiger partial charge >= 0.3 is 5.97 Å². The lowest BCUT2D eigenvalue weighted by Gasteiger charge is -2.35. The lowest BCUT2D eigenvalue weighted by Crippen LogP contribution is -2.51. The second-order valence-electron chi connectivity index (χ2n) is 7.43. The van der Waals surface area contributed by atoms with E-state index >= 15 is 0 Å². The van der Waals surface area contributed by atoms with Crippen molar-refractivity contribution in [1.82, 2.24) is 14.8 Å². The third kappa shape index (κ3) is 3.41. The predicted molar refractivity (Wildman–Crippen MR) is 99.2 cm³/mol. The van der Waals surface area contributed by atoms with Gasteiger partial charge in [0.1, 0.15) is 5.69 Å². The first-order valence-corrected chi connectivity index (χ1v) is 9.41. The summed E-state index contributed by atoms with van der Waals surface area (Å²) in [5.74, 6) is -1.41. The highest BCUT2D eigenvalue weighted by Crippen LogP contribution is 2.32. The Morgan fingerprint density at radius 3 is 2.30 bits per heavy atom. The van der Waals surface area contributed by atoms with E-state index in [2.05, 4.69) is 4.98 Å². The Hall–Kier alpha value is -2.83. The van der Waals surface area contributed by atoms with Crippen LogP contribution in [0.4, 0.5) is 0 Å². The molecular formula is C20H23N3O4. The number of para-hydroxylation sites is 1. The van der Waals surface area contributed by atoms with Crippen LogP contribution in [0.25, 0.3) is 10.9 Å². The Balaban J connectivity index is 1.35. The van der Waals surface area contributed by atoms with Gasteiger partial charge in [0.2, 0.25) is 5.91 Å². The van der Waals surface area contributed by atoms with Crippen LogP contribution in [0.1, 0.15) is 29.8 Å². The maximum absolute atomic E-state index is 12.7. The van der Waals surface area contributed by atoms with Gasteiger partial charge in [-0.2, -0.15) is 0 Å². The molecule has 1 saturated heterocycles. The number of aliphatic carboxylic acids is 1. The average molecular weight is 369 g/mol. The molecule has 1 aliphatic heterocycles. The lowest BCUT2D eigenvalue weighted by molar-refractivity contribution is -0.142. The molecule has 2 aromatic rings. The van der Waals surface area contributed by atoms with Gasteiger partial charge in [0.05, 0.1) is 5.92 Å². The fraction of sp³-hybridized carbons (Fsp3) is 0.450. The van der Waals surface area contributed by atoms with Crippen molar-refractivity contribution in [3.05, 3.63) is 36.0 Å². The van der Waals surface area contributed by atoms with E-state index in [9.17, 15) is 14.4 Å². The number of H-pyrrole nitrogens is 1. The van der Waals surface area contributed by atoms with Gasteiger partial charge in [-0.15, -0.1) is 0 Å². The van der Waals surface area contributed by atoms with Crippen LogP contribution in [0.3, 0.4) is 0 Å². The molecule has 0 bridgehead atoms. The molecule has 0 spiro atoms. The number of fused-ring (bicyclic) bond motifs is 1. The molecule has 2 fully saturated rings. The summed E-state index contributed by atoms with van der Waals surface area (Å²) in [5.41, 5.74) is 1.50. The monoisotopic (exact) mass is 369 g/mol. The van der Waals surface area contributed by atoms with E-state index in [1.165, 1.54) is 0 Å². The zero-order valence-electron chi connectivity index (χ0n) is 15.1. The normalized spacial score (nSPS) is 23.0. The van der Waals surface area contributed by atoms with Crippen molar-refractivity contribution in [2.75, 3.05) is 26.2 Å². The van der Waals surface area contributed by atoms with Gasteiger partial charge in [0.15, 0.2) is 0 Å². The number of hydrogen-bond donors (Lipinski definition) is 2. The van der Waals surface area contributed by atoms with Crippen LogP contribution in [0, 0.1) is 11.8 Å². The third-order valence-corrected chi connectivity index (χ3v) is 5.77. The SMILES string of the molecule is O=C(O)[C@@H]1CC[C@H](C(=O)N2CCN(C(=O)c3cc4ccccc4[nH]3)CC2)C1. The molecule has 142 valence electrons.